The number of hydrogen-bond donors (Lipinski definition) is 2. The lowest BCUT2D eigenvalue weighted by Crippen LogP contribution is -2.35. The van der Waals surface area contributed by atoms with Crippen LogP contribution < -0.4 is 11.1 Å². The Bertz CT molecular complexity index is 515. The third-order valence-electron chi connectivity index (χ3n) is 3.70. The van der Waals surface area contributed by atoms with Crippen LogP contribution in [0.1, 0.15) is 13.3 Å². The molecule has 1 aromatic carbocycles. The van der Waals surface area contributed by atoms with E-state index < -0.39 is 5.82 Å². The molecule has 3 N–H and O–H groups in total. The van der Waals surface area contributed by atoms with Crippen LogP contribution in [0, 0.1) is 11.2 Å². The molecule has 0 radical (unpaired) electrons. The monoisotopic (exact) mass is 335 g/mol. The average molecular weight is 336 g/mol. The largest absolute Gasteiger partial charge is 0.330 e. The number of halogens is 3. The smallest absolute Gasteiger partial charge is 0.238 e. The van der Waals surface area contributed by atoms with Crippen LogP contribution in [0.25, 0.3) is 0 Å². The second-order valence-electron chi connectivity index (χ2n) is 5.65. The number of nitrogens with zero attached hydrogens (tertiary/aromatic N) is 1. The summed E-state index contributed by atoms with van der Waals surface area (Å²) in [5.74, 6) is -0.578. The number of likely N-dealkylation sites (tertiary alicyclic amines) is 1. The van der Waals surface area contributed by atoms with Crippen molar-refractivity contribution in [1.29, 1.82) is 0 Å². The number of carbonyl (C=O) groups excluding carboxylic acids is 1. The fourth-order valence-electron chi connectivity index (χ4n) is 2.41. The van der Waals surface area contributed by atoms with E-state index in [1.807, 2.05) is 0 Å². The first-order chi connectivity index (χ1) is 9.42. The summed E-state index contributed by atoms with van der Waals surface area (Å²) < 4.78 is 12.9. The predicted octanol–water partition coefficient (Wildman–Crippen LogP) is 2.51. The van der Waals surface area contributed by atoms with Gasteiger partial charge in [0, 0.05) is 6.54 Å². The number of amides is 1. The molecule has 1 atom stereocenters. The zero-order chi connectivity index (χ0) is 14.8. The Kier molecular flexibility index (Phi) is 6.41. The first kappa shape index (κ1) is 18.2. The predicted molar refractivity (Wildman–Crippen MR) is 85.5 cm³/mol. The molecular formula is C14H20Cl2FN3O. The van der Waals surface area contributed by atoms with Gasteiger partial charge in [0.25, 0.3) is 0 Å². The van der Waals surface area contributed by atoms with Crippen LogP contribution in [-0.2, 0) is 4.79 Å². The number of hydrogen-bond acceptors (Lipinski definition) is 3. The van der Waals surface area contributed by atoms with Gasteiger partial charge in [-0.15, -0.1) is 12.4 Å². The number of nitrogens with two attached hydrogens (primary N) is 1. The summed E-state index contributed by atoms with van der Waals surface area (Å²) in [5.41, 5.74) is 6.26. The van der Waals surface area contributed by atoms with Crippen molar-refractivity contribution in [2.45, 2.75) is 13.3 Å². The van der Waals surface area contributed by atoms with Gasteiger partial charge in [0.1, 0.15) is 5.82 Å². The molecule has 2 rings (SSSR count). The second kappa shape index (κ2) is 7.40. The van der Waals surface area contributed by atoms with Gasteiger partial charge in [-0.2, -0.15) is 0 Å². The summed E-state index contributed by atoms with van der Waals surface area (Å²) in [7, 11) is 0. The van der Waals surface area contributed by atoms with E-state index in [0.29, 0.717) is 18.8 Å². The van der Waals surface area contributed by atoms with Crippen molar-refractivity contribution >= 4 is 35.6 Å². The first-order valence-electron chi connectivity index (χ1n) is 6.59. The van der Waals surface area contributed by atoms with Crippen LogP contribution in [0.15, 0.2) is 18.2 Å². The summed E-state index contributed by atoms with van der Waals surface area (Å²) in [6, 6.07) is 3.91. The van der Waals surface area contributed by atoms with E-state index in [2.05, 4.69) is 17.1 Å². The van der Waals surface area contributed by atoms with Gasteiger partial charge in [-0.25, -0.2) is 4.39 Å². The maximum atomic E-state index is 12.9. The van der Waals surface area contributed by atoms with Gasteiger partial charge < -0.3 is 11.1 Å². The molecular weight excluding hydrogens is 316 g/mol. The Hall–Kier alpha value is -0.880. The van der Waals surface area contributed by atoms with Crippen LogP contribution in [0.2, 0.25) is 5.02 Å². The van der Waals surface area contributed by atoms with Crippen molar-refractivity contribution < 1.29 is 9.18 Å². The third kappa shape index (κ3) is 4.81. The van der Waals surface area contributed by atoms with E-state index in [9.17, 15) is 9.18 Å². The summed E-state index contributed by atoms with van der Waals surface area (Å²) in [6.07, 6.45) is 0.994. The lowest BCUT2D eigenvalue weighted by atomic mass is 9.90. The fourth-order valence-corrected chi connectivity index (χ4v) is 2.63. The topological polar surface area (TPSA) is 58.4 Å². The number of carbonyl (C=O) groups is 1. The van der Waals surface area contributed by atoms with E-state index in [4.69, 9.17) is 17.3 Å². The Labute approximate surface area is 135 Å². The molecule has 21 heavy (non-hydrogen) atoms. The standard InChI is InChI=1S/C14H19ClFN3O.ClH/c1-14(8-17)4-5-19(9-14)7-13(20)18-12-3-2-10(16)6-11(12)15;/h2-3,6H,4-5,7-9,17H2,1H3,(H,18,20);1H. The molecule has 1 unspecified atom stereocenters. The number of nitrogens with one attached hydrogen (secondary N) is 1. The summed E-state index contributed by atoms with van der Waals surface area (Å²) in [4.78, 5) is 14.0. The molecule has 0 saturated carbocycles. The summed E-state index contributed by atoms with van der Waals surface area (Å²) in [5, 5.41) is 2.90. The van der Waals surface area contributed by atoms with Gasteiger partial charge >= 0.3 is 0 Å². The minimum atomic E-state index is -0.425. The quantitative estimate of drug-likeness (QED) is 0.888. The van der Waals surface area contributed by atoms with Crippen molar-refractivity contribution in [2.75, 3.05) is 31.5 Å². The van der Waals surface area contributed by atoms with Crippen LogP contribution >= 0.6 is 24.0 Å². The first-order valence-corrected chi connectivity index (χ1v) is 6.97. The van der Waals surface area contributed by atoms with E-state index in [1.54, 1.807) is 0 Å². The normalized spacial score (nSPS) is 21.9. The molecule has 0 aliphatic carbocycles. The number of benzene rings is 1. The van der Waals surface area contributed by atoms with Crippen LogP contribution in [0.3, 0.4) is 0 Å². The van der Waals surface area contributed by atoms with Crippen molar-refractivity contribution in [3.63, 3.8) is 0 Å². The Morgan fingerprint density at radius 2 is 2.29 bits per heavy atom. The van der Waals surface area contributed by atoms with Gasteiger partial charge in [0.15, 0.2) is 0 Å². The van der Waals surface area contributed by atoms with Crippen molar-refractivity contribution in [1.82, 2.24) is 4.90 Å². The van der Waals surface area contributed by atoms with Gasteiger partial charge in [0.2, 0.25) is 5.91 Å². The lowest BCUT2D eigenvalue weighted by molar-refractivity contribution is -0.117. The molecule has 118 valence electrons. The van der Waals surface area contributed by atoms with Gasteiger partial charge in [-0.3, -0.25) is 9.69 Å². The zero-order valence-electron chi connectivity index (χ0n) is 11.9. The average Bonchev–Trinajstić information content (AvgIpc) is 2.75. The van der Waals surface area contributed by atoms with Crippen LogP contribution in [-0.4, -0.2) is 37.0 Å². The van der Waals surface area contributed by atoms with E-state index in [-0.39, 0.29) is 28.8 Å². The molecule has 1 heterocycles. The van der Waals surface area contributed by atoms with Gasteiger partial charge in [0.05, 0.1) is 17.3 Å². The SMILES string of the molecule is CC1(CN)CCN(CC(=O)Nc2ccc(F)cc2Cl)C1.Cl. The molecule has 1 aliphatic rings. The van der Waals surface area contributed by atoms with Gasteiger partial charge in [-0.1, -0.05) is 18.5 Å². The Balaban J connectivity index is 0.00000220. The molecule has 1 fully saturated rings. The fraction of sp³-hybridized carbons (Fsp3) is 0.500. The molecule has 1 saturated heterocycles. The molecule has 4 nitrogen and oxygen atoms in total. The molecule has 0 aromatic heterocycles. The molecule has 7 heteroatoms. The highest BCUT2D eigenvalue weighted by molar-refractivity contribution is 6.33. The molecule has 1 aliphatic heterocycles. The number of rotatable bonds is 4. The molecule has 1 amide bonds. The Morgan fingerprint density at radius 3 is 2.86 bits per heavy atom. The minimum Gasteiger partial charge on any atom is -0.330 e. The van der Waals surface area contributed by atoms with E-state index in [0.717, 1.165) is 19.5 Å². The van der Waals surface area contributed by atoms with Gasteiger partial charge in [-0.05, 0) is 43.1 Å². The minimum absolute atomic E-state index is 0. The molecule has 1 aromatic rings. The number of anilines is 1. The summed E-state index contributed by atoms with van der Waals surface area (Å²) in [6.45, 7) is 4.71. The van der Waals surface area contributed by atoms with Crippen molar-refractivity contribution in [3.05, 3.63) is 29.0 Å². The van der Waals surface area contributed by atoms with Crippen molar-refractivity contribution in [3.8, 4) is 0 Å². The molecule has 0 spiro atoms. The third-order valence-corrected chi connectivity index (χ3v) is 4.01. The highest BCUT2D eigenvalue weighted by Gasteiger charge is 2.33. The maximum absolute atomic E-state index is 12.9. The van der Waals surface area contributed by atoms with Crippen LogP contribution in [0.4, 0.5) is 10.1 Å². The maximum Gasteiger partial charge on any atom is 0.238 e. The van der Waals surface area contributed by atoms with E-state index >= 15 is 0 Å². The van der Waals surface area contributed by atoms with E-state index in [1.165, 1.54) is 18.2 Å². The summed E-state index contributed by atoms with van der Waals surface area (Å²) >= 11 is 5.87. The lowest BCUT2D eigenvalue weighted by Gasteiger charge is -2.22. The highest BCUT2D eigenvalue weighted by Crippen LogP contribution is 2.28. The highest BCUT2D eigenvalue weighted by atomic mass is 35.5. The Morgan fingerprint density at radius 1 is 1.57 bits per heavy atom. The molecule has 0 bridgehead atoms. The van der Waals surface area contributed by atoms with Crippen molar-refractivity contribution in [2.24, 2.45) is 11.1 Å². The van der Waals surface area contributed by atoms with Crippen LogP contribution in [0.5, 0.6) is 0 Å². The zero-order valence-corrected chi connectivity index (χ0v) is 13.4. The second-order valence-corrected chi connectivity index (χ2v) is 6.05.